The zero-order valence-corrected chi connectivity index (χ0v) is 15.3. The Morgan fingerprint density at radius 3 is 1.87 bits per heavy atom. The van der Waals surface area contributed by atoms with E-state index in [-0.39, 0.29) is 11.9 Å². The Balaban J connectivity index is 0. The van der Waals surface area contributed by atoms with Gasteiger partial charge in [0.25, 0.3) is 0 Å². The predicted molar refractivity (Wildman–Crippen MR) is 95.1 cm³/mol. The molecule has 0 aromatic carbocycles. The molecule has 4 heteroatoms. The van der Waals surface area contributed by atoms with Crippen LogP contribution in [0.25, 0.3) is 0 Å². The van der Waals surface area contributed by atoms with Crippen molar-refractivity contribution in [2.75, 3.05) is 13.2 Å². The first-order valence-corrected chi connectivity index (χ1v) is 8.53. The van der Waals surface area contributed by atoms with Crippen LogP contribution in [-0.4, -0.2) is 25.2 Å². The maximum atomic E-state index is 10.8. The van der Waals surface area contributed by atoms with Crippen molar-refractivity contribution in [2.45, 2.75) is 59.8 Å². The van der Waals surface area contributed by atoms with E-state index in [2.05, 4.69) is 33.9 Å². The van der Waals surface area contributed by atoms with Crippen LogP contribution in [0.15, 0.2) is 25.3 Å². The predicted octanol–water partition coefficient (Wildman–Crippen LogP) is 4.69. The molecule has 0 radical (unpaired) electrons. The Bertz CT molecular complexity index is 336. The number of rotatable bonds is 11. The molecular weight excluding hydrogens is 292 g/mol. The average molecular weight is 326 g/mol. The third kappa shape index (κ3) is 16.6. The minimum absolute atomic E-state index is 0.310. The highest BCUT2D eigenvalue weighted by atomic mass is 16.5. The van der Waals surface area contributed by atoms with Crippen LogP contribution in [0.1, 0.15) is 59.8 Å². The standard InChI is InChI=1S/C11H20O2.C8H14O2/c1-4-7-8-10(5-2)9-13-11(12)6-3;1-4-7(3)6-10-8(9)5-2/h6,10H,3-5,7-9H2,1-2H3;5,7H,2,4,6H2,1,3H3. The molecule has 134 valence electrons. The first-order valence-electron chi connectivity index (χ1n) is 8.53. The third-order valence-electron chi connectivity index (χ3n) is 3.54. The van der Waals surface area contributed by atoms with Gasteiger partial charge in [-0.3, -0.25) is 0 Å². The van der Waals surface area contributed by atoms with E-state index in [0.717, 1.165) is 19.3 Å². The number of carbonyl (C=O) groups is 2. The van der Waals surface area contributed by atoms with Gasteiger partial charge in [-0.05, 0) is 18.3 Å². The van der Waals surface area contributed by atoms with Crippen molar-refractivity contribution in [3.8, 4) is 0 Å². The lowest BCUT2D eigenvalue weighted by Gasteiger charge is -2.13. The minimum Gasteiger partial charge on any atom is -0.462 e. The molecule has 0 spiro atoms. The normalized spacial score (nSPS) is 12.2. The van der Waals surface area contributed by atoms with Crippen LogP contribution in [0.3, 0.4) is 0 Å². The van der Waals surface area contributed by atoms with Crippen molar-refractivity contribution < 1.29 is 19.1 Å². The molecule has 0 rings (SSSR count). The van der Waals surface area contributed by atoms with Crippen LogP contribution < -0.4 is 0 Å². The zero-order valence-electron chi connectivity index (χ0n) is 15.3. The van der Waals surface area contributed by atoms with E-state index in [4.69, 9.17) is 9.47 Å². The SMILES string of the molecule is C=CC(=O)OCC(C)CC.C=CC(=O)OCC(CC)CCCC. The molecule has 0 aromatic heterocycles. The fourth-order valence-corrected chi connectivity index (χ4v) is 1.56. The van der Waals surface area contributed by atoms with Crippen molar-refractivity contribution in [3.05, 3.63) is 25.3 Å². The van der Waals surface area contributed by atoms with E-state index in [1.54, 1.807) is 0 Å². The number of hydrogen-bond acceptors (Lipinski definition) is 4. The lowest BCUT2D eigenvalue weighted by atomic mass is 10.0. The molecule has 0 amide bonds. The molecule has 0 aliphatic rings. The molecule has 0 fully saturated rings. The molecule has 4 nitrogen and oxygen atoms in total. The Labute approximate surface area is 141 Å². The second-order valence-electron chi connectivity index (χ2n) is 5.60. The van der Waals surface area contributed by atoms with Crippen molar-refractivity contribution in [3.63, 3.8) is 0 Å². The van der Waals surface area contributed by atoms with Crippen molar-refractivity contribution in [2.24, 2.45) is 11.8 Å². The summed E-state index contributed by atoms with van der Waals surface area (Å²) in [6, 6.07) is 0. The molecule has 0 bridgehead atoms. The molecule has 0 N–H and O–H groups in total. The van der Waals surface area contributed by atoms with Crippen LogP contribution in [-0.2, 0) is 19.1 Å². The van der Waals surface area contributed by atoms with E-state index in [1.807, 2.05) is 6.92 Å². The molecule has 0 saturated heterocycles. The molecule has 2 atom stereocenters. The smallest absolute Gasteiger partial charge is 0.330 e. The quantitative estimate of drug-likeness (QED) is 0.408. The van der Waals surface area contributed by atoms with Crippen LogP contribution in [0.4, 0.5) is 0 Å². The number of ether oxygens (including phenoxy) is 2. The summed E-state index contributed by atoms with van der Waals surface area (Å²) in [5.74, 6) is 0.322. The fourth-order valence-electron chi connectivity index (χ4n) is 1.56. The van der Waals surface area contributed by atoms with Crippen LogP contribution in [0, 0.1) is 11.8 Å². The largest absolute Gasteiger partial charge is 0.462 e. The van der Waals surface area contributed by atoms with Crippen LogP contribution in [0.5, 0.6) is 0 Å². The van der Waals surface area contributed by atoms with E-state index in [0.29, 0.717) is 25.0 Å². The summed E-state index contributed by atoms with van der Waals surface area (Å²) in [6.45, 7) is 16.1. The Morgan fingerprint density at radius 2 is 1.48 bits per heavy atom. The molecule has 0 aliphatic carbocycles. The zero-order chi connectivity index (χ0) is 18.1. The summed E-state index contributed by atoms with van der Waals surface area (Å²) in [5, 5.41) is 0. The highest BCUT2D eigenvalue weighted by Gasteiger charge is 2.07. The van der Waals surface area contributed by atoms with Crippen LogP contribution in [0.2, 0.25) is 0 Å². The monoisotopic (exact) mass is 326 g/mol. The number of unbranched alkanes of at least 4 members (excludes halogenated alkanes) is 1. The Hall–Kier alpha value is -1.58. The van der Waals surface area contributed by atoms with Gasteiger partial charge in [-0.25, -0.2) is 9.59 Å². The number of hydrogen-bond donors (Lipinski definition) is 0. The lowest BCUT2D eigenvalue weighted by molar-refractivity contribution is -0.139. The van der Waals surface area contributed by atoms with Gasteiger partial charge in [-0.1, -0.05) is 66.5 Å². The molecule has 0 saturated carbocycles. The van der Waals surface area contributed by atoms with E-state index < -0.39 is 0 Å². The maximum absolute atomic E-state index is 10.8. The van der Waals surface area contributed by atoms with E-state index in [9.17, 15) is 9.59 Å². The van der Waals surface area contributed by atoms with Crippen molar-refractivity contribution in [1.29, 1.82) is 0 Å². The van der Waals surface area contributed by atoms with Gasteiger partial charge < -0.3 is 9.47 Å². The number of esters is 2. The van der Waals surface area contributed by atoms with Crippen molar-refractivity contribution in [1.82, 2.24) is 0 Å². The summed E-state index contributed by atoms with van der Waals surface area (Å²) in [7, 11) is 0. The van der Waals surface area contributed by atoms with Gasteiger partial charge in [-0.2, -0.15) is 0 Å². The Morgan fingerprint density at radius 1 is 0.957 bits per heavy atom. The molecular formula is C19H34O4. The van der Waals surface area contributed by atoms with Crippen LogP contribution >= 0.6 is 0 Å². The molecule has 23 heavy (non-hydrogen) atoms. The van der Waals surface area contributed by atoms with Gasteiger partial charge in [0.15, 0.2) is 0 Å². The maximum Gasteiger partial charge on any atom is 0.330 e. The summed E-state index contributed by atoms with van der Waals surface area (Å²) < 4.78 is 9.77. The molecule has 2 unspecified atom stereocenters. The first kappa shape index (κ1) is 23.7. The lowest BCUT2D eigenvalue weighted by Crippen LogP contribution is -2.12. The molecule has 0 heterocycles. The number of carbonyl (C=O) groups excluding carboxylic acids is 2. The van der Waals surface area contributed by atoms with Crippen molar-refractivity contribution >= 4 is 11.9 Å². The van der Waals surface area contributed by atoms with Gasteiger partial charge in [0.1, 0.15) is 0 Å². The second-order valence-corrected chi connectivity index (χ2v) is 5.60. The summed E-state index contributed by atoms with van der Waals surface area (Å²) in [6.07, 6.45) is 8.07. The average Bonchev–Trinajstić information content (AvgIpc) is 2.59. The van der Waals surface area contributed by atoms with Gasteiger partial charge in [0, 0.05) is 12.2 Å². The second kappa shape index (κ2) is 16.8. The molecule has 0 aliphatic heterocycles. The highest BCUT2D eigenvalue weighted by Crippen LogP contribution is 2.12. The fraction of sp³-hybridized carbons (Fsp3) is 0.684. The van der Waals surface area contributed by atoms with Gasteiger partial charge in [0.05, 0.1) is 13.2 Å². The minimum atomic E-state index is -0.333. The van der Waals surface area contributed by atoms with Gasteiger partial charge in [0.2, 0.25) is 0 Å². The Kier molecular flexibility index (Phi) is 17.3. The summed E-state index contributed by atoms with van der Waals surface area (Å²) >= 11 is 0. The van der Waals surface area contributed by atoms with E-state index >= 15 is 0 Å². The van der Waals surface area contributed by atoms with Gasteiger partial charge >= 0.3 is 11.9 Å². The topological polar surface area (TPSA) is 52.6 Å². The first-order chi connectivity index (χ1) is 10.9. The third-order valence-corrected chi connectivity index (χ3v) is 3.54. The van der Waals surface area contributed by atoms with Gasteiger partial charge in [-0.15, -0.1) is 0 Å². The van der Waals surface area contributed by atoms with E-state index in [1.165, 1.54) is 25.0 Å². The summed E-state index contributed by atoms with van der Waals surface area (Å²) in [5.41, 5.74) is 0. The summed E-state index contributed by atoms with van der Waals surface area (Å²) in [4.78, 5) is 21.3. The molecule has 0 aromatic rings. The highest BCUT2D eigenvalue weighted by molar-refractivity contribution is 5.81.